The zero-order valence-corrected chi connectivity index (χ0v) is 16.3. The van der Waals surface area contributed by atoms with E-state index in [0.29, 0.717) is 23.5 Å². The highest BCUT2D eigenvalue weighted by Crippen LogP contribution is 2.36. The number of allylic oxidation sites excluding steroid dienone is 1. The molecule has 0 spiro atoms. The van der Waals surface area contributed by atoms with E-state index in [9.17, 15) is 14.4 Å². The van der Waals surface area contributed by atoms with Crippen molar-refractivity contribution in [1.29, 1.82) is 0 Å². The van der Waals surface area contributed by atoms with Crippen molar-refractivity contribution in [3.63, 3.8) is 0 Å². The van der Waals surface area contributed by atoms with E-state index in [-0.39, 0.29) is 12.0 Å². The predicted octanol–water partition coefficient (Wildman–Crippen LogP) is 2.26. The van der Waals surface area contributed by atoms with Crippen molar-refractivity contribution in [2.24, 2.45) is 14.1 Å². The van der Waals surface area contributed by atoms with Crippen LogP contribution < -0.4 is 16.1 Å². The zero-order chi connectivity index (χ0) is 20.5. The molecular formula is C23H21N3O3. The zero-order valence-electron chi connectivity index (χ0n) is 16.3. The molecule has 6 nitrogen and oxygen atoms in total. The van der Waals surface area contributed by atoms with Crippen LogP contribution in [0.15, 0.2) is 75.8 Å². The average Bonchev–Trinajstić information content (AvgIpc) is 2.76. The Morgan fingerprint density at radius 3 is 2.14 bits per heavy atom. The maximum atomic E-state index is 12.9. The second kappa shape index (κ2) is 7.39. The summed E-state index contributed by atoms with van der Waals surface area (Å²) in [5.74, 6) is 0.534. The summed E-state index contributed by atoms with van der Waals surface area (Å²) >= 11 is 0. The molecule has 0 unspecified atom stereocenters. The largest absolute Gasteiger partial charge is 0.332 e. The van der Waals surface area contributed by atoms with Crippen molar-refractivity contribution in [3.05, 3.63) is 104 Å². The number of benzene rings is 2. The average molecular weight is 387 g/mol. The molecule has 0 aliphatic carbocycles. The van der Waals surface area contributed by atoms with Gasteiger partial charge in [-0.15, -0.1) is 0 Å². The number of aromatic nitrogens is 2. The monoisotopic (exact) mass is 387 g/mol. The van der Waals surface area contributed by atoms with Gasteiger partial charge in [0.1, 0.15) is 12.1 Å². The maximum absolute atomic E-state index is 12.9. The maximum Gasteiger partial charge on any atom is 0.332 e. The molecule has 2 aromatic carbocycles. The number of aldehydes is 1. The Labute approximate surface area is 168 Å². The first-order chi connectivity index (χ1) is 14.0. The first-order valence-corrected chi connectivity index (χ1v) is 9.37. The highest BCUT2D eigenvalue weighted by molar-refractivity contribution is 5.96. The number of hydrogen-bond donors (Lipinski definition) is 0. The van der Waals surface area contributed by atoms with Gasteiger partial charge in [-0.25, -0.2) is 4.79 Å². The Morgan fingerprint density at radius 2 is 1.52 bits per heavy atom. The van der Waals surface area contributed by atoms with Crippen LogP contribution in [0.5, 0.6) is 0 Å². The van der Waals surface area contributed by atoms with Gasteiger partial charge in [-0.2, -0.15) is 0 Å². The molecule has 0 amide bonds. The van der Waals surface area contributed by atoms with Gasteiger partial charge in [0, 0.05) is 32.6 Å². The lowest BCUT2D eigenvalue weighted by Gasteiger charge is -2.35. The Morgan fingerprint density at radius 1 is 0.897 bits per heavy atom. The number of nitrogens with zero attached hydrogens (tertiary/aromatic N) is 3. The third-order valence-corrected chi connectivity index (χ3v) is 5.29. The second-order valence-corrected chi connectivity index (χ2v) is 7.11. The Balaban J connectivity index is 2.03. The third kappa shape index (κ3) is 3.12. The number of fused-ring (bicyclic) bond motifs is 1. The van der Waals surface area contributed by atoms with Crippen LogP contribution in [0.4, 0.5) is 5.82 Å². The first-order valence-electron chi connectivity index (χ1n) is 9.37. The summed E-state index contributed by atoms with van der Waals surface area (Å²) in [5, 5.41) is 0. The van der Waals surface area contributed by atoms with Crippen LogP contribution in [0.2, 0.25) is 0 Å². The molecule has 0 N–H and O–H groups in total. The molecule has 1 aliphatic heterocycles. The number of hydrogen-bond acceptors (Lipinski definition) is 4. The van der Waals surface area contributed by atoms with Crippen LogP contribution in [-0.4, -0.2) is 15.4 Å². The van der Waals surface area contributed by atoms with Crippen LogP contribution in [0.25, 0.3) is 5.70 Å². The minimum atomic E-state index is -0.395. The van der Waals surface area contributed by atoms with Crippen LogP contribution in [0, 0.1) is 0 Å². The Bertz CT molecular complexity index is 1220. The lowest BCUT2D eigenvalue weighted by molar-refractivity contribution is -0.105. The van der Waals surface area contributed by atoms with Gasteiger partial charge >= 0.3 is 5.69 Å². The van der Waals surface area contributed by atoms with Crippen LogP contribution in [-0.2, 0) is 31.9 Å². The van der Waals surface area contributed by atoms with Gasteiger partial charge < -0.3 is 4.90 Å². The van der Waals surface area contributed by atoms with Gasteiger partial charge in [0.25, 0.3) is 5.56 Å². The number of carbonyl (C=O) groups is 1. The summed E-state index contributed by atoms with van der Waals surface area (Å²) in [6.07, 6.45) is 1.00. The van der Waals surface area contributed by atoms with Crippen molar-refractivity contribution >= 4 is 17.8 Å². The minimum Gasteiger partial charge on any atom is -0.322 e. The predicted molar refractivity (Wildman–Crippen MR) is 113 cm³/mol. The van der Waals surface area contributed by atoms with E-state index < -0.39 is 5.69 Å². The van der Waals surface area contributed by atoms with Gasteiger partial charge in [-0.3, -0.25) is 18.7 Å². The third-order valence-electron chi connectivity index (χ3n) is 5.29. The Kier molecular flexibility index (Phi) is 4.76. The van der Waals surface area contributed by atoms with Gasteiger partial charge in [0.15, 0.2) is 0 Å². The molecule has 29 heavy (non-hydrogen) atoms. The number of carbonyl (C=O) groups excluding carboxylic acids is 1. The molecular weight excluding hydrogens is 366 g/mol. The summed E-state index contributed by atoms with van der Waals surface area (Å²) in [4.78, 5) is 39.5. The summed E-state index contributed by atoms with van der Waals surface area (Å²) in [5.41, 5.74) is 2.81. The fourth-order valence-electron chi connectivity index (χ4n) is 3.91. The van der Waals surface area contributed by atoms with E-state index in [2.05, 4.69) is 0 Å². The smallest absolute Gasteiger partial charge is 0.322 e. The topological polar surface area (TPSA) is 64.3 Å². The molecule has 4 rings (SSSR count). The normalized spacial score (nSPS) is 13.4. The molecule has 2 heterocycles. The highest BCUT2D eigenvalue weighted by Gasteiger charge is 2.31. The number of rotatable bonds is 4. The van der Waals surface area contributed by atoms with Crippen molar-refractivity contribution in [3.8, 4) is 0 Å². The molecule has 1 aromatic heterocycles. The van der Waals surface area contributed by atoms with E-state index in [1.54, 1.807) is 7.05 Å². The van der Waals surface area contributed by atoms with E-state index in [4.69, 9.17) is 0 Å². The van der Waals surface area contributed by atoms with Crippen LogP contribution in [0.3, 0.4) is 0 Å². The first kappa shape index (κ1) is 18.7. The lowest BCUT2D eigenvalue weighted by Crippen LogP contribution is -2.44. The molecule has 146 valence electrons. The van der Waals surface area contributed by atoms with Crippen molar-refractivity contribution in [2.75, 3.05) is 4.90 Å². The highest BCUT2D eigenvalue weighted by atomic mass is 16.2. The van der Waals surface area contributed by atoms with Crippen molar-refractivity contribution < 1.29 is 4.79 Å². The van der Waals surface area contributed by atoms with Gasteiger partial charge in [-0.1, -0.05) is 60.7 Å². The standard InChI is InChI=1S/C23H21N3O3/c1-24-21-19(22(28)25(2)23(24)29)13-18(15-27)20(17-11-7-4-8-12-17)26(21)14-16-9-5-3-6-10-16/h3-12,15H,13-14H2,1-2H3. The van der Waals surface area contributed by atoms with Crippen molar-refractivity contribution in [1.82, 2.24) is 9.13 Å². The van der Waals surface area contributed by atoms with E-state index in [1.807, 2.05) is 65.6 Å². The SMILES string of the molecule is Cn1c2c(c(=O)n(C)c1=O)CC(C=O)=C(c1ccccc1)N2Cc1ccccc1. The summed E-state index contributed by atoms with van der Waals surface area (Å²) in [7, 11) is 3.12. The molecule has 6 heteroatoms. The van der Waals surface area contributed by atoms with E-state index in [0.717, 1.165) is 27.7 Å². The molecule has 3 aromatic rings. The summed E-state index contributed by atoms with van der Waals surface area (Å²) in [6, 6.07) is 19.4. The molecule has 0 atom stereocenters. The molecule has 0 fully saturated rings. The lowest BCUT2D eigenvalue weighted by atomic mass is 9.95. The van der Waals surface area contributed by atoms with E-state index >= 15 is 0 Å². The van der Waals surface area contributed by atoms with Gasteiger partial charge in [0.2, 0.25) is 0 Å². The van der Waals surface area contributed by atoms with Crippen LogP contribution >= 0.6 is 0 Å². The fraction of sp³-hybridized carbons (Fsp3) is 0.174. The molecule has 0 bridgehead atoms. The van der Waals surface area contributed by atoms with E-state index in [1.165, 1.54) is 11.6 Å². The molecule has 0 saturated heterocycles. The summed E-state index contributed by atoms with van der Waals surface area (Å²) in [6.45, 7) is 0.426. The number of anilines is 1. The summed E-state index contributed by atoms with van der Waals surface area (Å²) < 4.78 is 2.58. The quantitative estimate of drug-likeness (QED) is 0.644. The fourth-order valence-corrected chi connectivity index (χ4v) is 3.91. The van der Waals surface area contributed by atoms with Gasteiger partial charge in [-0.05, 0) is 11.1 Å². The Hall–Kier alpha value is -3.67. The molecule has 1 aliphatic rings. The second-order valence-electron chi connectivity index (χ2n) is 7.11. The molecule has 0 saturated carbocycles. The van der Waals surface area contributed by atoms with Gasteiger partial charge in [0.05, 0.1) is 11.3 Å². The minimum absolute atomic E-state index is 0.190. The van der Waals surface area contributed by atoms with Crippen LogP contribution in [0.1, 0.15) is 16.7 Å². The van der Waals surface area contributed by atoms with Crippen molar-refractivity contribution in [2.45, 2.75) is 13.0 Å². The molecule has 0 radical (unpaired) electrons.